The SMILES string of the molecule is CC[C@@]1(c2ccc(F)cc2)NC(=O)N(CC(=O)Nc2cc(OC)ccc2OC)C1=O. The van der Waals surface area contributed by atoms with Gasteiger partial charge in [0.05, 0.1) is 19.9 Å². The quantitative estimate of drug-likeness (QED) is 0.678. The molecule has 0 aliphatic carbocycles. The van der Waals surface area contributed by atoms with Gasteiger partial charge >= 0.3 is 6.03 Å². The van der Waals surface area contributed by atoms with Crippen molar-refractivity contribution < 1.29 is 28.2 Å². The van der Waals surface area contributed by atoms with Crippen molar-refractivity contribution in [3.8, 4) is 11.5 Å². The van der Waals surface area contributed by atoms with Gasteiger partial charge in [-0.15, -0.1) is 0 Å². The van der Waals surface area contributed by atoms with E-state index in [1.54, 1.807) is 25.1 Å². The Morgan fingerprint density at radius 3 is 2.43 bits per heavy atom. The zero-order chi connectivity index (χ0) is 21.9. The molecule has 1 aliphatic heterocycles. The molecule has 9 heteroatoms. The van der Waals surface area contributed by atoms with E-state index in [4.69, 9.17) is 9.47 Å². The maximum absolute atomic E-state index is 13.3. The maximum Gasteiger partial charge on any atom is 0.325 e. The van der Waals surface area contributed by atoms with Crippen LogP contribution in [-0.4, -0.2) is 43.5 Å². The number of rotatable bonds is 7. The van der Waals surface area contributed by atoms with Crippen LogP contribution in [0.15, 0.2) is 42.5 Å². The molecule has 1 fully saturated rings. The number of carbonyl (C=O) groups excluding carboxylic acids is 3. The topological polar surface area (TPSA) is 97.0 Å². The predicted octanol–water partition coefficient (Wildman–Crippen LogP) is 2.64. The van der Waals surface area contributed by atoms with E-state index in [1.165, 1.54) is 38.5 Å². The first-order chi connectivity index (χ1) is 14.3. The highest BCUT2D eigenvalue weighted by molar-refractivity contribution is 6.10. The lowest BCUT2D eigenvalue weighted by Crippen LogP contribution is -2.44. The summed E-state index contributed by atoms with van der Waals surface area (Å²) in [5, 5.41) is 5.28. The third kappa shape index (κ3) is 3.78. The number of ether oxygens (including phenoxy) is 2. The smallest absolute Gasteiger partial charge is 0.325 e. The Labute approximate surface area is 173 Å². The van der Waals surface area contributed by atoms with Gasteiger partial charge in [0, 0.05) is 6.07 Å². The minimum absolute atomic E-state index is 0.241. The van der Waals surface area contributed by atoms with Gasteiger partial charge < -0.3 is 20.1 Å². The molecule has 1 heterocycles. The fourth-order valence-corrected chi connectivity index (χ4v) is 3.39. The van der Waals surface area contributed by atoms with Gasteiger partial charge in [0.15, 0.2) is 0 Å². The molecule has 0 unspecified atom stereocenters. The van der Waals surface area contributed by atoms with Gasteiger partial charge in [0.25, 0.3) is 5.91 Å². The predicted molar refractivity (Wildman–Crippen MR) is 107 cm³/mol. The van der Waals surface area contributed by atoms with E-state index in [2.05, 4.69) is 10.6 Å². The van der Waals surface area contributed by atoms with Crippen LogP contribution in [0, 0.1) is 5.82 Å². The number of imide groups is 1. The molecular formula is C21H22FN3O5. The van der Waals surface area contributed by atoms with Crippen LogP contribution in [0.4, 0.5) is 14.9 Å². The molecule has 4 amide bonds. The summed E-state index contributed by atoms with van der Waals surface area (Å²) in [4.78, 5) is 39.0. The average Bonchev–Trinajstić information content (AvgIpc) is 2.99. The number of methoxy groups -OCH3 is 2. The number of amides is 4. The van der Waals surface area contributed by atoms with Gasteiger partial charge in [-0.2, -0.15) is 0 Å². The first-order valence-electron chi connectivity index (χ1n) is 9.26. The van der Waals surface area contributed by atoms with Crippen LogP contribution < -0.4 is 20.1 Å². The lowest BCUT2D eigenvalue weighted by Gasteiger charge is -2.25. The van der Waals surface area contributed by atoms with E-state index in [9.17, 15) is 18.8 Å². The second-order valence-corrected chi connectivity index (χ2v) is 6.70. The van der Waals surface area contributed by atoms with E-state index in [-0.39, 0.29) is 6.42 Å². The average molecular weight is 415 g/mol. The molecule has 3 rings (SSSR count). The van der Waals surface area contributed by atoms with E-state index in [1.807, 2.05) is 0 Å². The van der Waals surface area contributed by atoms with Crippen LogP contribution in [0.1, 0.15) is 18.9 Å². The van der Waals surface area contributed by atoms with Crippen molar-refractivity contribution in [1.82, 2.24) is 10.2 Å². The number of urea groups is 1. The van der Waals surface area contributed by atoms with Crippen LogP contribution in [0.25, 0.3) is 0 Å². The van der Waals surface area contributed by atoms with Crippen molar-refractivity contribution in [3.63, 3.8) is 0 Å². The van der Waals surface area contributed by atoms with Crippen LogP contribution in [0.2, 0.25) is 0 Å². The molecule has 0 bridgehead atoms. The largest absolute Gasteiger partial charge is 0.497 e. The minimum atomic E-state index is -1.35. The van der Waals surface area contributed by atoms with E-state index < -0.39 is 35.7 Å². The van der Waals surface area contributed by atoms with Gasteiger partial charge in [0.2, 0.25) is 5.91 Å². The molecule has 0 saturated carbocycles. The number of carbonyl (C=O) groups is 3. The Kier molecular flexibility index (Phi) is 5.91. The highest BCUT2D eigenvalue weighted by Gasteiger charge is 2.51. The summed E-state index contributed by atoms with van der Waals surface area (Å²) in [5.74, 6) is -0.714. The lowest BCUT2D eigenvalue weighted by atomic mass is 9.87. The van der Waals surface area contributed by atoms with Gasteiger partial charge in [-0.05, 0) is 36.2 Å². The summed E-state index contributed by atoms with van der Waals surface area (Å²) < 4.78 is 23.6. The zero-order valence-electron chi connectivity index (χ0n) is 16.8. The molecule has 0 radical (unpaired) electrons. The minimum Gasteiger partial charge on any atom is -0.497 e. The molecule has 0 aromatic heterocycles. The highest BCUT2D eigenvalue weighted by atomic mass is 19.1. The van der Waals surface area contributed by atoms with Crippen molar-refractivity contribution in [2.75, 3.05) is 26.1 Å². The number of hydrogen-bond donors (Lipinski definition) is 2. The number of hydrogen-bond acceptors (Lipinski definition) is 5. The maximum atomic E-state index is 13.3. The molecular weight excluding hydrogens is 393 g/mol. The Morgan fingerprint density at radius 2 is 1.83 bits per heavy atom. The van der Waals surface area contributed by atoms with Crippen molar-refractivity contribution >= 4 is 23.5 Å². The number of halogens is 1. The first-order valence-corrected chi connectivity index (χ1v) is 9.26. The Hall–Kier alpha value is -3.62. The number of nitrogens with one attached hydrogen (secondary N) is 2. The molecule has 2 aromatic carbocycles. The van der Waals surface area contributed by atoms with Gasteiger partial charge in [0.1, 0.15) is 29.4 Å². The molecule has 2 aromatic rings. The summed E-state index contributed by atoms with van der Waals surface area (Å²) in [6.07, 6.45) is 0.241. The molecule has 1 aliphatic rings. The molecule has 1 atom stereocenters. The normalized spacial score (nSPS) is 18.2. The van der Waals surface area contributed by atoms with Crippen LogP contribution in [0.3, 0.4) is 0 Å². The highest BCUT2D eigenvalue weighted by Crippen LogP contribution is 2.33. The van der Waals surface area contributed by atoms with Crippen molar-refractivity contribution in [2.24, 2.45) is 0 Å². The molecule has 30 heavy (non-hydrogen) atoms. The van der Waals surface area contributed by atoms with Gasteiger partial charge in [-0.1, -0.05) is 19.1 Å². The zero-order valence-corrected chi connectivity index (χ0v) is 16.8. The third-order valence-corrected chi connectivity index (χ3v) is 5.03. The van der Waals surface area contributed by atoms with Crippen LogP contribution in [0.5, 0.6) is 11.5 Å². The number of nitrogens with zero attached hydrogens (tertiary/aromatic N) is 1. The van der Waals surface area contributed by atoms with Gasteiger partial charge in [-0.3, -0.25) is 14.5 Å². The number of anilines is 1. The Balaban J connectivity index is 1.80. The standard InChI is InChI=1S/C21H22FN3O5/c1-4-21(13-5-7-14(22)8-6-13)19(27)25(20(28)24-21)12-18(26)23-16-11-15(29-2)9-10-17(16)30-3/h5-11H,4,12H2,1-3H3,(H,23,26)(H,24,28)/t21-/m0/s1. The first kappa shape index (κ1) is 21.1. The second kappa shape index (κ2) is 8.40. The molecule has 0 spiro atoms. The molecule has 158 valence electrons. The fraction of sp³-hybridized carbons (Fsp3) is 0.286. The molecule has 8 nitrogen and oxygen atoms in total. The third-order valence-electron chi connectivity index (χ3n) is 5.03. The van der Waals surface area contributed by atoms with Gasteiger partial charge in [-0.25, -0.2) is 9.18 Å². The van der Waals surface area contributed by atoms with E-state index >= 15 is 0 Å². The van der Waals surface area contributed by atoms with E-state index in [0.717, 1.165) is 4.90 Å². The summed E-state index contributed by atoms with van der Waals surface area (Å²) >= 11 is 0. The van der Waals surface area contributed by atoms with Crippen molar-refractivity contribution in [2.45, 2.75) is 18.9 Å². The Bertz CT molecular complexity index is 979. The molecule has 1 saturated heterocycles. The summed E-state index contributed by atoms with van der Waals surface area (Å²) in [6.45, 7) is 1.24. The number of benzene rings is 2. The lowest BCUT2D eigenvalue weighted by molar-refractivity contribution is -0.134. The second-order valence-electron chi connectivity index (χ2n) is 6.70. The van der Waals surface area contributed by atoms with Crippen LogP contribution >= 0.6 is 0 Å². The van der Waals surface area contributed by atoms with Crippen LogP contribution in [-0.2, 0) is 15.1 Å². The van der Waals surface area contributed by atoms with Crippen molar-refractivity contribution in [1.29, 1.82) is 0 Å². The summed E-state index contributed by atoms with van der Waals surface area (Å²) in [5.41, 5.74) is -0.560. The fourth-order valence-electron chi connectivity index (χ4n) is 3.39. The summed E-state index contributed by atoms with van der Waals surface area (Å²) in [7, 11) is 2.94. The Morgan fingerprint density at radius 1 is 1.13 bits per heavy atom. The van der Waals surface area contributed by atoms with Crippen molar-refractivity contribution in [3.05, 3.63) is 53.8 Å². The monoisotopic (exact) mass is 415 g/mol. The summed E-state index contributed by atoms with van der Waals surface area (Å²) in [6, 6.07) is 9.50. The van der Waals surface area contributed by atoms with E-state index in [0.29, 0.717) is 22.7 Å². The molecule has 2 N–H and O–H groups in total.